The summed E-state index contributed by atoms with van der Waals surface area (Å²) in [5.41, 5.74) is 0.816. The van der Waals surface area contributed by atoms with Crippen LogP contribution in [0.3, 0.4) is 0 Å². The SMILES string of the molecule is COc1ccc2cc([C@H](C)C(=O)O)ccc2c1I. The van der Waals surface area contributed by atoms with E-state index in [1.165, 1.54) is 0 Å². The van der Waals surface area contributed by atoms with Gasteiger partial charge in [-0.15, -0.1) is 0 Å². The second-order valence-corrected chi connectivity index (χ2v) is 5.20. The lowest BCUT2D eigenvalue weighted by Crippen LogP contribution is -2.07. The van der Waals surface area contributed by atoms with Crippen LogP contribution < -0.4 is 4.74 Å². The number of rotatable bonds is 3. The monoisotopic (exact) mass is 356 g/mol. The van der Waals surface area contributed by atoms with Gasteiger partial charge >= 0.3 is 5.97 Å². The summed E-state index contributed by atoms with van der Waals surface area (Å²) in [5.74, 6) is -0.464. The van der Waals surface area contributed by atoms with Gasteiger partial charge in [0.1, 0.15) is 5.75 Å². The molecule has 1 atom stereocenters. The van der Waals surface area contributed by atoms with Crippen LogP contribution in [-0.4, -0.2) is 18.2 Å². The fourth-order valence-corrected chi connectivity index (χ4v) is 2.75. The molecular weight excluding hydrogens is 343 g/mol. The Morgan fingerprint density at radius 2 is 2.06 bits per heavy atom. The molecule has 2 aromatic carbocycles. The van der Waals surface area contributed by atoms with Crippen molar-refractivity contribution in [2.24, 2.45) is 0 Å². The number of methoxy groups -OCH3 is 1. The lowest BCUT2D eigenvalue weighted by atomic mass is 9.98. The van der Waals surface area contributed by atoms with E-state index in [0.29, 0.717) is 0 Å². The minimum atomic E-state index is -0.808. The molecule has 2 aromatic rings. The summed E-state index contributed by atoms with van der Waals surface area (Å²) in [4.78, 5) is 11.0. The fourth-order valence-electron chi connectivity index (χ4n) is 1.86. The van der Waals surface area contributed by atoms with E-state index >= 15 is 0 Å². The molecule has 0 aliphatic heterocycles. The van der Waals surface area contributed by atoms with Gasteiger partial charge in [-0.2, -0.15) is 0 Å². The van der Waals surface area contributed by atoms with Crippen molar-refractivity contribution in [3.05, 3.63) is 39.5 Å². The third-order valence-corrected chi connectivity index (χ3v) is 4.15. The fraction of sp³-hybridized carbons (Fsp3) is 0.214. The first-order chi connectivity index (χ1) is 8.54. The van der Waals surface area contributed by atoms with E-state index in [0.717, 1.165) is 25.7 Å². The van der Waals surface area contributed by atoms with Crippen molar-refractivity contribution in [2.45, 2.75) is 12.8 Å². The summed E-state index contributed by atoms with van der Waals surface area (Å²) in [7, 11) is 1.64. The van der Waals surface area contributed by atoms with Crippen LogP contribution in [0, 0.1) is 3.57 Å². The Bertz CT molecular complexity index is 607. The number of halogens is 1. The zero-order valence-electron chi connectivity index (χ0n) is 10.1. The first-order valence-corrected chi connectivity index (χ1v) is 6.61. The number of carboxylic acids is 1. The van der Waals surface area contributed by atoms with Crippen molar-refractivity contribution < 1.29 is 14.6 Å². The Kier molecular flexibility index (Phi) is 3.75. The highest BCUT2D eigenvalue weighted by atomic mass is 127. The molecule has 3 nitrogen and oxygen atoms in total. The van der Waals surface area contributed by atoms with Crippen LogP contribution in [0.25, 0.3) is 10.8 Å². The minimum Gasteiger partial charge on any atom is -0.496 e. The van der Waals surface area contributed by atoms with E-state index in [-0.39, 0.29) is 0 Å². The number of hydrogen-bond acceptors (Lipinski definition) is 2. The number of ether oxygens (including phenoxy) is 1. The quantitative estimate of drug-likeness (QED) is 0.855. The van der Waals surface area contributed by atoms with Gasteiger partial charge in [0, 0.05) is 0 Å². The highest BCUT2D eigenvalue weighted by Gasteiger charge is 2.14. The molecule has 0 bridgehead atoms. The molecule has 1 N–H and O–H groups in total. The maximum Gasteiger partial charge on any atom is 0.310 e. The molecule has 18 heavy (non-hydrogen) atoms. The first-order valence-electron chi connectivity index (χ1n) is 5.53. The van der Waals surface area contributed by atoms with Crippen LogP contribution in [0.5, 0.6) is 5.75 Å². The Morgan fingerprint density at radius 1 is 1.33 bits per heavy atom. The number of benzene rings is 2. The van der Waals surface area contributed by atoms with Gasteiger partial charge in [-0.3, -0.25) is 4.79 Å². The van der Waals surface area contributed by atoms with Gasteiger partial charge in [0.05, 0.1) is 16.6 Å². The molecule has 0 fully saturated rings. The Labute approximate surface area is 119 Å². The predicted molar refractivity (Wildman–Crippen MR) is 79.3 cm³/mol. The maximum absolute atomic E-state index is 11.0. The molecular formula is C14H13IO3. The zero-order chi connectivity index (χ0) is 13.3. The summed E-state index contributed by atoms with van der Waals surface area (Å²) < 4.78 is 6.31. The van der Waals surface area contributed by atoms with Gasteiger partial charge in [0.15, 0.2) is 0 Å². The minimum absolute atomic E-state index is 0.492. The molecule has 0 unspecified atom stereocenters. The maximum atomic E-state index is 11.0. The van der Waals surface area contributed by atoms with Gasteiger partial charge in [-0.25, -0.2) is 0 Å². The van der Waals surface area contributed by atoms with Crippen LogP contribution in [0.4, 0.5) is 0 Å². The molecule has 0 aliphatic carbocycles. The normalized spacial score (nSPS) is 12.4. The Hall–Kier alpha value is -1.30. The smallest absolute Gasteiger partial charge is 0.310 e. The predicted octanol–water partition coefficient (Wildman–Crippen LogP) is 3.64. The molecule has 0 saturated heterocycles. The first kappa shape index (κ1) is 13.1. The molecule has 0 radical (unpaired) electrons. The van der Waals surface area contributed by atoms with Gasteiger partial charge in [0.25, 0.3) is 0 Å². The highest BCUT2D eigenvalue weighted by molar-refractivity contribution is 14.1. The van der Waals surface area contributed by atoms with Gasteiger partial charge in [0.2, 0.25) is 0 Å². The number of carboxylic acid groups (broad SMARTS) is 1. The number of carbonyl (C=O) groups is 1. The lowest BCUT2D eigenvalue weighted by molar-refractivity contribution is -0.138. The van der Waals surface area contributed by atoms with E-state index in [4.69, 9.17) is 9.84 Å². The van der Waals surface area contributed by atoms with Crippen molar-refractivity contribution >= 4 is 39.3 Å². The summed E-state index contributed by atoms with van der Waals surface area (Å²) in [6.45, 7) is 1.69. The molecule has 4 heteroatoms. The standard InChI is InChI=1S/C14H13IO3/c1-8(14(16)17)9-3-5-11-10(7-9)4-6-12(18-2)13(11)15/h3-8H,1-2H3,(H,16,17)/t8-/m0/s1. The molecule has 0 aromatic heterocycles. The number of fused-ring (bicyclic) bond motifs is 1. The van der Waals surface area contributed by atoms with Crippen LogP contribution in [0.15, 0.2) is 30.3 Å². The lowest BCUT2D eigenvalue weighted by Gasteiger charge is -2.10. The summed E-state index contributed by atoms with van der Waals surface area (Å²) in [6.07, 6.45) is 0. The van der Waals surface area contributed by atoms with Crippen molar-refractivity contribution in [1.29, 1.82) is 0 Å². The second-order valence-electron chi connectivity index (χ2n) is 4.12. The topological polar surface area (TPSA) is 46.5 Å². The van der Waals surface area contributed by atoms with Crippen molar-refractivity contribution in [3.8, 4) is 5.75 Å². The largest absolute Gasteiger partial charge is 0.496 e. The van der Waals surface area contributed by atoms with E-state index in [1.807, 2.05) is 30.3 Å². The summed E-state index contributed by atoms with van der Waals surface area (Å²) in [6, 6.07) is 9.60. The third-order valence-electron chi connectivity index (χ3n) is 3.03. The van der Waals surface area contributed by atoms with Gasteiger partial charge in [-0.1, -0.05) is 24.3 Å². The average Bonchev–Trinajstić information content (AvgIpc) is 2.37. The molecule has 0 saturated carbocycles. The molecule has 0 aliphatic rings. The molecule has 94 valence electrons. The summed E-state index contributed by atoms with van der Waals surface area (Å²) in [5, 5.41) is 11.1. The van der Waals surface area contributed by atoms with Gasteiger partial charge < -0.3 is 9.84 Å². The van der Waals surface area contributed by atoms with Crippen LogP contribution in [0.1, 0.15) is 18.4 Å². The third kappa shape index (κ3) is 2.29. The number of aliphatic carboxylic acids is 1. The van der Waals surface area contributed by atoms with Crippen LogP contribution >= 0.6 is 22.6 Å². The Morgan fingerprint density at radius 3 is 2.67 bits per heavy atom. The van der Waals surface area contributed by atoms with E-state index in [2.05, 4.69) is 22.6 Å². The van der Waals surface area contributed by atoms with Crippen LogP contribution in [0.2, 0.25) is 0 Å². The van der Waals surface area contributed by atoms with Crippen molar-refractivity contribution in [1.82, 2.24) is 0 Å². The van der Waals surface area contributed by atoms with Crippen LogP contribution in [-0.2, 0) is 4.79 Å². The van der Waals surface area contributed by atoms with Gasteiger partial charge in [-0.05, 0) is 51.9 Å². The zero-order valence-corrected chi connectivity index (χ0v) is 12.3. The highest BCUT2D eigenvalue weighted by Crippen LogP contribution is 2.31. The molecule has 0 amide bonds. The summed E-state index contributed by atoms with van der Waals surface area (Å²) >= 11 is 2.24. The molecule has 0 spiro atoms. The average molecular weight is 356 g/mol. The van der Waals surface area contributed by atoms with E-state index in [9.17, 15) is 4.79 Å². The number of hydrogen-bond donors (Lipinski definition) is 1. The van der Waals surface area contributed by atoms with E-state index < -0.39 is 11.9 Å². The molecule has 2 rings (SSSR count). The van der Waals surface area contributed by atoms with E-state index in [1.54, 1.807) is 14.0 Å². The van der Waals surface area contributed by atoms with Crippen molar-refractivity contribution in [3.63, 3.8) is 0 Å². The Balaban J connectivity index is 2.57. The van der Waals surface area contributed by atoms with Crippen molar-refractivity contribution in [2.75, 3.05) is 7.11 Å². The molecule has 0 heterocycles. The second kappa shape index (κ2) is 5.14.